The van der Waals surface area contributed by atoms with Crippen LogP contribution in [-0.2, 0) is 6.42 Å². The van der Waals surface area contributed by atoms with Gasteiger partial charge in [0.2, 0.25) is 0 Å². The Morgan fingerprint density at radius 1 is 1.32 bits per heavy atom. The Hall–Kier alpha value is -1.74. The minimum Gasteiger partial charge on any atom is -0.494 e. The lowest BCUT2D eigenvalue weighted by molar-refractivity contribution is 0.317. The highest BCUT2D eigenvalue weighted by atomic mass is 16.5. The van der Waals surface area contributed by atoms with Crippen molar-refractivity contribution in [2.24, 2.45) is 0 Å². The molecule has 3 nitrogen and oxygen atoms in total. The molecule has 0 aliphatic heterocycles. The molecule has 0 bridgehead atoms. The van der Waals surface area contributed by atoms with Crippen molar-refractivity contribution in [3.63, 3.8) is 0 Å². The molecule has 1 N–H and O–H groups in total. The van der Waals surface area contributed by atoms with E-state index in [9.17, 15) is 0 Å². The van der Waals surface area contributed by atoms with Crippen LogP contribution in [0.5, 0.6) is 5.75 Å². The third kappa shape index (κ3) is 3.86. The molecule has 2 aromatic rings. The molecule has 3 heteroatoms. The van der Waals surface area contributed by atoms with Crippen molar-refractivity contribution in [2.45, 2.75) is 25.8 Å². The number of furan rings is 1. The van der Waals surface area contributed by atoms with E-state index in [-0.39, 0.29) is 6.04 Å². The molecule has 0 aliphatic rings. The molecule has 0 spiro atoms. The fraction of sp³-hybridized carbons (Fsp3) is 0.375. The summed E-state index contributed by atoms with van der Waals surface area (Å²) in [6.07, 6.45) is 5.43. The van der Waals surface area contributed by atoms with Crippen LogP contribution in [0.15, 0.2) is 47.3 Å². The molecule has 0 saturated heterocycles. The number of ether oxygens (including phenoxy) is 1. The number of hydrogen-bond donors (Lipinski definition) is 1. The maximum Gasteiger partial charge on any atom is 0.119 e. The van der Waals surface area contributed by atoms with Crippen molar-refractivity contribution in [2.75, 3.05) is 13.7 Å². The minimum absolute atomic E-state index is 0.266. The highest BCUT2D eigenvalue weighted by molar-refractivity contribution is 5.31. The average molecular weight is 259 g/mol. The first kappa shape index (κ1) is 13.7. The van der Waals surface area contributed by atoms with Gasteiger partial charge in [-0.1, -0.05) is 19.1 Å². The first-order chi connectivity index (χ1) is 9.33. The molecule has 1 unspecified atom stereocenters. The molecule has 1 aromatic heterocycles. The van der Waals surface area contributed by atoms with E-state index in [1.807, 2.05) is 25.2 Å². The van der Waals surface area contributed by atoms with E-state index < -0.39 is 0 Å². The van der Waals surface area contributed by atoms with Gasteiger partial charge in [0, 0.05) is 6.04 Å². The van der Waals surface area contributed by atoms with Gasteiger partial charge in [-0.15, -0.1) is 0 Å². The van der Waals surface area contributed by atoms with Crippen LogP contribution in [0.3, 0.4) is 0 Å². The Labute approximate surface area is 114 Å². The molecular formula is C16H21NO2. The lowest BCUT2D eigenvalue weighted by Crippen LogP contribution is -2.18. The fourth-order valence-corrected chi connectivity index (χ4v) is 2.07. The van der Waals surface area contributed by atoms with Crippen LogP contribution in [0.4, 0.5) is 0 Å². The molecule has 1 heterocycles. The first-order valence-corrected chi connectivity index (χ1v) is 6.74. The number of hydrogen-bond acceptors (Lipinski definition) is 3. The van der Waals surface area contributed by atoms with Gasteiger partial charge in [-0.25, -0.2) is 0 Å². The van der Waals surface area contributed by atoms with Crippen molar-refractivity contribution in [3.8, 4) is 5.75 Å². The van der Waals surface area contributed by atoms with Gasteiger partial charge in [-0.05, 0) is 49.2 Å². The second-order valence-electron chi connectivity index (χ2n) is 4.60. The molecule has 19 heavy (non-hydrogen) atoms. The number of likely N-dealkylation sites (N-methyl/N-ethyl adjacent to an activating group) is 1. The van der Waals surface area contributed by atoms with Crippen LogP contribution in [0.25, 0.3) is 0 Å². The first-order valence-electron chi connectivity index (χ1n) is 6.74. The molecule has 102 valence electrons. The summed E-state index contributed by atoms with van der Waals surface area (Å²) in [7, 11) is 1.98. The molecular weight excluding hydrogens is 238 g/mol. The smallest absolute Gasteiger partial charge is 0.119 e. The second kappa shape index (κ2) is 7.00. The third-order valence-corrected chi connectivity index (χ3v) is 3.10. The SMILES string of the molecule is CCCOc1cccc(C(Cc2ccoc2)NC)c1. The summed E-state index contributed by atoms with van der Waals surface area (Å²) in [6.45, 7) is 2.87. The van der Waals surface area contributed by atoms with Crippen LogP contribution < -0.4 is 10.1 Å². The van der Waals surface area contributed by atoms with Gasteiger partial charge in [0.1, 0.15) is 5.75 Å². The Bertz CT molecular complexity index is 479. The molecule has 0 fully saturated rings. The van der Waals surface area contributed by atoms with E-state index in [1.165, 1.54) is 11.1 Å². The van der Waals surface area contributed by atoms with Gasteiger partial charge in [0.25, 0.3) is 0 Å². The normalized spacial score (nSPS) is 12.3. The maximum atomic E-state index is 5.68. The summed E-state index contributed by atoms with van der Waals surface area (Å²) in [5, 5.41) is 3.34. The number of rotatable bonds is 7. The Kier molecular flexibility index (Phi) is 5.04. The fourth-order valence-electron chi connectivity index (χ4n) is 2.07. The highest BCUT2D eigenvalue weighted by Gasteiger charge is 2.11. The average Bonchev–Trinajstić information content (AvgIpc) is 2.96. The molecule has 0 radical (unpaired) electrons. The quantitative estimate of drug-likeness (QED) is 0.825. The van der Waals surface area contributed by atoms with E-state index >= 15 is 0 Å². The van der Waals surface area contributed by atoms with E-state index in [2.05, 4.69) is 24.4 Å². The van der Waals surface area contributed by atoms with Crippen LogP contribution >= 0.6 is 0 Å². The summed E-state index contributed by atoms with van der Waals surface area (Å²) in [6, 6.07) is 10.5. The van der Waals surface area contributed by atoms with Crippen molar-refractivity contribution in [3.05, 3.63) is 54.0 Å². The Morgan fingerprint density at radius 2 is 2.21 bits per heavy atom. The minimum atomic E-state index is 0.266. The summed E-state index contributed by atoms with van der Waals surface area (Å²) in [5.41, 5.74) is 2.43. The van der Waals surface area contributed by atoms with Gasteiger partial charge in [-0.3, -0.25) is 0 Å². The van der Waals surface area contributed by atoms with Crippen LogP contribution in [0.1, 0.15) is 30.5 Å². The Balaban J connectivity index is 2.09. The summed E-state index contributed by atoms with van der Waals surface area (Å²) in [5.74, 6) is 0.937. The van der Waals surface area contributed by atoms with Crippen molar-refractivity contribution >= 4 is 0 Å². The zero-order valence-electron chi connectivity index (χ0n) is 11.6. The van der Waals surface area contributed by atoms with Crippen LogP contribution in [-0.4, -0.2) is 13.7 Å². The topological polar surface area (TPSA) is 34.4 Å². The highest BCUT2D eigenvalue weighted by Crippen LogP contribution is 2.22. The predicted molar refractivity (Wildman–Crippen MR) is 76.4 cm³/mol. The molecule has 1 aromatic carbocycles. The summed E-state index contributed by atoms with van der Waals surface area (Å²) in [4.78, 5) is 0. The number of nitrogens with one attached hydrogen (secondary N) is 1. The van der Waals surface area contributed by atoms with Gasteiger partial charge in [-0.2, -0.15) is 0 Å². The van der Waals surface area contributed by atoms with Gasteiger partial charge in [0.15, 0.2) is 0 Å². The van der Waals surface area contributed by atoms with Crippen molar-refractivity contribution in [1.82, 2.24) is 5.32 Å². The Morgan fingerprint density at radius 3 is 2.89 bits per heavy atom. The maximum absolute atomic E-state index is 5.68. The van der Waals surface area contributed by atoms with E-state index in [1.54, 1.807) is 12.5 Å². The third-order valence-electron chi connectivity index (χ3n) is 3.10. The standard InChI is InChI=1S/C16H21NO2/c1-3-8-19-15-6-4-5-14(11-15)16(17-2)10-13-7-9-18-12-13/h4-7,9,11-12,16-17H,3,8,10H2,1-2H3. The molecule has 2 rings (SSSR count). The van der Waals surface area contributed by atoms with E-state index in [0.717, 1.165) is 25.2 Å². The summed E-state index contributed by atoms with van der Waals surface area (Å²) < 4.78 is 10.8. The van der Waals surface area contributed by atoms with Gasteiger partial charge in [0.05, 0.1) is 19.1 Å². The largest absolute Gasteiger partial charge is 0.494 e. The second-order valence-corrected chi connectivity index (χ2v) is 4.60. The lowest BCUT2D eigenvalue weighted by Gasteiger charge is -2.17. The number of benzene rings is 1. The van der Waals surface area contributed by atoms with Crippen molar-refractivity contribution < 1.29 is 9.15 Å². The van der Waals surface area contributed by atoms with Gasteiger partial charge < -0.3 is 14.5 Å². The van der Waals surface area contributed by atoms with E-state index in [4.69, 9.17) is 9.15 Å². The van der Waals surface area contributed by atoms with Crippen LogP contribution in [0.2, 0.25) is 0 Å². The molecule has 1 atom stereocenters. The zero-order chi connectivity index (χ0) is 13.5. The predicted octanol–water partition coefficient (Wildman–Crippen LogP) is 3.57. The molecule has 0 aliphatic carbocycles. The monoisotopic (exact) mass is 259 g/mol. The lowest BCUT2D eigenvalue weighted by atomic mass is 10.0. The van der Waals surface area contributed by atoms with Gasteiger partial charge >= 0.3 is 0 Å². The van der Waals surface area contributed by atoms with E-state index in [0.29, 0.717) is 0 Å². The molecule has 0 amide bonds. The van der Waals surface area contributed by atoms with Crippen LogP contribution in [0, 0.1) is 0 Å². The zero-order valence-corrected chi connectivity index (χ0v) is 11.6. The molecule has 0 saturated carbocycles. The summed E-state index contributed by atoms with van der Waals surface area (Å²) >= 11 is 0. The van der Waals surface area contributed by atoms with Crippen molar-refractivity contribution in [1.29, 1.82) is 0 Å².